The Labute approximate surface area is 329 Å². The first kappa shape index (κ1) is 40.7. The van der Waals surface area contributed by atoms with Crippen LogP contribution in [0.1, 0.15) is 73.1 Å². The van der Waals surface area contributed by atoms with Gasteiger partial charge in [-0.3, -0.25) is 24.0 Å². The number of aromatic hydroxyl groups is 3. The van der Waals surface area contributed by atoms with Gasteiger partial charge in [0.2, 0.25) is 5.91 Å². The van der Waals surface area contributed by atoms with Crippen LogP contribution in [-0.2, 0) is 16.0 Å². The molecular weight excluding hydrogens is 725 g/mol. The van der Waals surface area contributed by atoms with Gasteiger partial charge in [0.1, 0.15) is 17.2 Å². The number of ketones is 2. The summed E-state index contributed by atoms with van der Waals surface area (Å²) in [5.41, 5.74) is 4.37. The highest BCUT2D eigenvalue weighted by atomic mass is 16.3. The number of nitrogens with zero attached hydrogens (tertiary/aromatic N) is 1. The smallest absolute Gasteiger partial charge is 0.259 e. The highest BCUT2D eigenvalue weighted by Crippen LogP contribution is 2.31. The summed E-state index contributed by atoms with van der Waals surface area (Å²) in [5.74, 6) is -3.27. The van der Waals surface area contributed by atoms with E-state index in [4.69, 9.17) is 0 Å². The number of anilines is 3. The Kier molecular flexibility index (Phi) is 13.0. The number of hydrogen-bond acceptors (Lipinski definition) is 9. The average Bonchev–Trinajstić information content (AvgIpc) is 3.19. The van der Waals surface area contributed by atoms with Crippen molar-refractivity contribution >= 4 is 52.4 Å². The lowest BCUT2D eigenvalue weighted by molar-refractivity contribution is -0.119. The fourth-order valence-electron chi connectivity index (χ4n) is 5.79. The number of amides is 3. The molecule has 5 aromatic carbocycles. The fraction of sp³-hybridized carbons (Fsp3) is 0.156. The molecule has 0 saturated carbocycles. The van der Waals surface area contributed by atoms with Gasteiger partial charge in [-0.05, 0) is 104 Å². The third kappa shape index (κ3) is 10.6. The van der Waals surface area contributed by atoms with E-state index in [-0.39, 0.29) is 70.5 Å². The van der Waals surface area contributed by atoms with Crippen LogP contribution in [-0.4, -0.2) is 44.6 Å². The number of nitrogens with one attached hydrogen (secondary N) is 3. The van der Waals surface area contributed by atoms with Gasteiger partial charge < -0.3 is 31.3 Å². The summed E-state index contributed by atoms with van der Waals surface area (Å²) in [4.78, 5) is 65.0. The average molecular weight is 765 g/mol. The normalized spacial score (nSPS) is 11.5. The molecule has 0 saturated heterocycles. The summed E-state index contributed by atoms with van der Waals surface area (Å²) in [6, 6.07) is 28.4. The van der Waals surface area contributed by atoms with Crippen LogP contribution < -0.4 is 16.0 Å². The van der Waals surface area contributed by atoms with Crippen LogP contribution in [0.5, 0.6) is 17.2 Å². The van der Waals surface area contributed by atoms with E-state index in [9.17, 15) is 44.6 Å². The lowest BCUT2D eigenvalue weighted by Crippen LogP contribution is -2.25. The number of carbonyl (C=O) groups excluding carboxylic acids is 5. The predicted molar refractivity (Wildman–Crippen MR) is 216 cm³/mol. The van der Waals surface area contributed by atoms with E-state index in [0.29, 0.717) is 33.6 Å². The van der Waals surface area contributed by atoms with Crippen molar-refractivity contribution in [3.63, 3.8) is 0 Å². The van der Waals surface area contributed by atoms with Gasteiger partial charge in [-0.2, -0.15) is 5.26 Å². The molecule has 288 valence electrons. The minimum Gasteiger partial charge on any atom is -0.508 e. The Morgan fingerprint density at radius 1 is 0.737 bits per heavy atom. The van der Waals surface area contributed by atoms with Crippen LogP contribution in [0.25, 0.3) is 6.08 Å². The van der Waals surface area contributed by atoms with E-state index in [2.05, 4.69) is 16.0 Å². The molecule has 3 amide bonds. The van der Waals surface area contributed by atoms with Gasteiger partial charge in [0.05, 0.1) is 17.6 Å². The minimum atomic E-state index is -0.954. The molecule has 1 atom stereocenters. The maximum atomic E-state index is 13.2. The van der Waals surface area contributed by atoms with E-state index in [0.717, 1.165) is 5.56 Å². The quantitative estimate of drug-likeness (QED) is 0.0480. The molecule has 5 rings (SSSR count). The molecule has 0 aliphatic rings. The fourth-order valence-corrected chi connectivity index (χ4v) is 5.79. The van der Waals surface area contributed by atoms with Crippen molar-refractivity contribution in [2.24, 2.45) is 5.92 Å². The number of nitriles is 1. The van der Waals surface area contributed by atoms with Crippen LogP contribution in [0.3, 0.4) is 0 Å². The molecule has 0 aromatic heterocycles. The van der Waals surface area contributed by atoms with E-state index in [1.807, 2.05) is 6.07 Å². The second-order valence-corrected chi connectivity index (χ2v) is 13.5. The number of allylic oxidation sites excluding steroid dienone is 1. The van der Waals surface area contributed by atoms with Gasteiger partial charge in [-0.1, -0.05) is 42.5 Å². The van der Waals surface area contributed by atoms with Gasteiger partial charge in [0.15, 0.2) is 11.6 Å². The summed E-state index contributed by atoms with van der Waals surface area (Å²) >= 11 is 0. The number of rotatable bonds is 14. The summed E-state index contributed by atoms with van der Waals surface area (Å²) in [6.45, 7) is 4.97. The van der Waals surface area contributed by atoms with Gasteiger partial charge in [-0.25, -0.2) is 0 Å². The first-order valence-electron chi connectivity index (χ1n) is 17.9. The molecule has 5 aromatic rings. The molecule has 0 spiro atoms. The summed E-state index contributed by atoms with van der Waals surface area (Å²) in [6.07, 6.45) is 1.41. The van der Waals surface area contributed by atoms with E-state index < -0.39 is 23.6 Å². The van der Waals surface area contributed by atoms with Crippen molar-refractivity contribution < 1.29 is 39.3 Å². The Hall–Kier alpha value is -7.52. The van der Waals surface area contributed by atoms with Crippen molar-refractivity contribution in [3.05, 3.63) is 148 Å². The molecule has 0 bridgehead atoms. The SMILES string of the molecule is C/C(=C\c1ccc(O)cc1)C(=O)Cc1ccc(C(=O)CC(CC#N)C(=O)Nc2ccc(C(=O)Nc3ccc(C(=O)Nc4ccc(C)c(O)c4)c(O)c3C)cc2)cc1. The van der Waals surface area contributed by atoms with E-state index in [1.54, 1.807) is 75.4 Å². The number of hydrogen-bond donors (Lipinski definition) is 6. The maximum Gasteiger partial charge on any atom is 0.259 e. The van der Waals surface area contributed by atoms with Crippen molar-refractivity contribution in [1.29, 1.82) is 5.26 Å². The Balaban J connectivity index is 1.15. The standard InChI is InChI=1S/C45H40N4O8/c1-26-4-13-35(25-40(26)52)48-45(57)37-18-19-38(28(3)42(37)54)49-43(55)32-11-14-34(15-12-32)47-44(56)33(20-21-46)24-41(53)31-9-5-30(6-10-31)23-39(51)27(2)22-29-7-16-36(50)17-8-29/h4-19,22,25,33,50,52,54H,20,23-24H2,1-3H3,(H,47,56)(H,48,57)(H,49,55)/b27-22+. The molecule has 12 nitrogen and oxygen atoms in total. The van der Waals surface area contributed by atoms with Gasteiger partial charge >= 0.3 is 0 Å². The predicted octanol–water partition coefficient (Wildman–Crippen LogP) is 7.88. The van der Waals surface area contributed by atoms with Crippen molar-refractivity contribution in [3.8, 4) is 23.3 Å². The van der Waals surface area contributed by atoms with Gasteiger partial charge in [0, 0.05) is 59.1 Å². The molecule has 6 N–H and O–H groups in total. The van der Waals surface area contributed by atoms with E-state index in [1.165, 1.54) is 54.6 Å². The van der Waals surface area contributed by atoms with E-state index >= 15 is 0 Å². The third-order valence-corrected chi connectivity index (χ3v) is 9.30. The highest BCUT2D eigenvalue weighted by Gasteiger charge is 2.23. The number of benzene rings is 5. The first-order chi connectivity index (χ1) is 27.2. The molecule has 0 aliphatic carbocycles. The summed E-state index contributed by atoms with van der Waals surface area (Å²) in [5, 5.41) is 47.6. The number of Topliss-reactive ketones (excluding diaryl/α,β-unsaturated/α-hetero) is 2. The number of phenolic OH excluding ortho intramolecular Hbond substituents is 3. The zero-order chi connectivity index (χ0) is 41.2. The topological polar surface area (TPSA) is 206 Å². The molecule has 12 heteroatoms. The van der Waals surface area contributed by atoms with Crippen molar-refractivity contribution in [2.75, 3.05) is 16.0 Å². The molecular formula is C45H40N4O8. The van der Waals surface area contributed by atoms with Gasteiger partial charge in [-0.15, -0.1) is 0 Å². The van der Waals surface area contributed by atoms with Crippen LogP contribution in [0, 0.1) is 31.1 Å². The lowest BCUT2D eigenvalue weighted by Gasteiger charge is -2.15. The maximum absolute atomic E-state index is 13.2. The summed E-state index contributed by atoms with van der Waals surface area (Å²) < 4.78 is 0. The monoisotopic (exact) mass is 764 g/mol. The Bertz CT molecular complexity index is 2410. The Morgan fingerprint density at radius 2 is 1.39 bits per heavy atom. The molecule has 0 fully saturated rings. The third-order valence-electron chi connectivity index (χ3n) is 9.30. The lowest BCUT2D eigenvalue weighted by atomic mass is 9.94. The second kappa shape index (κ2) is 18.2. The van der Waals surface area contributed by atoms with Crippen LogP contribution in [0.4, 0.5) is 17.1 Å². The first-order valence-corrected chi connectivity index (χ1v) is 17.9. The number of phenols is 3. The highest BCUT2D eigenvalue weighted by molar-refractivity contribution is 6.09. The van der Waals surface area contributed by atoms with Crippen LogP contribution in [0.2, 0.25) is 0 Å². The Morgan fingerprint density at radius 3 is 2.04 bits per heavy atom. The zero-order valence-corrected chi connectivity index (χ0v) is 31.4. The zero-order valence-electron chi connectivity index (χ0n) is 31.4. The molecule has 0 radical (unpaired) electrons. The number of carbonyl (C=O) groups is 5. The summed E-state index contributed by atoms with van der Waals surface area (Å²) in [7, 11) is 0. The largest absolute Gasteiger partial charge is 0.508 e. The molecule has 1 unspecified atom stereocenters. The van der Waals surface area contributed by atoms with Crippen molar-refractivity contribution in [1.82, 2.24) is 0 Å². The van der Waals surface area contributed by atoms with Crippen molar-refractivity contribution in [2.45, 2.75) is 40.0 Å². The van der Waals surface area contributed by atoms with Gasteiger partial charge in [0.25, 0.3) is 11.8 Å². The minimum absolute atomic E-state index is 0.0106. The second-order valence-electron chi connectivity index (χ2n) is 13.5. The van der Waals surface area contributed by atoms with Crippen LogP contribution in [0.15, 0.2) is 109 Å². The molecule has 57 heavy (non-hydrogen) atoms. The molecule has 0 aliphatic heterocycles. The molecule has 0 heterocycles. The van der Waals surface area contributed by atoms with Crippen LogP contribution >= 0.6 is 0 Å². The number of aryl methyl sites for hydroxylation is 1.